The third-order valence-electron chi connectivity index (χ3n) is 4.44. The molecule has 3 aromatic heterocycles. The van der Waals surface area contributed by atoms with Crippen LogP contribution < -0.4 is 5.32 Å². The molecule has 0 saturated carbocycles. The lowest BCUT2D eigenvalue weighted by Gasteiger charge is -2.18. The van der Waals surface area contributed by atoms with Crippen LogP contribution in [0.15, 0.2) is 70.5 Å². The number of nitrogens with one attached hydrogen (secondary N) is 1. The summed E-state index contributed by atoms with van der Waals surface area (Å²) < 4.78 is 1.96. The molecule has 0 radical (unpaired) electrons. The van der Waals surface area contributed by atoms with Gasteiger partial charge in [-0.05, 0) is 28.5 Å². The van der Waals surface area contributed by atoms with E-state index in [9.17, 15) is 4.79 Å². The molecule has 4 rings (SSSR count). The fourth-order valence-electron chi connectivity index (χ4n) is 2.95. The highest BCUT2D eigenvalue weighted by Gasteiger charge is 2.19. The van der Waals surface area contributed by atoms with E-state index in [2.05, 4.69) is 33.0 Å². The van der Waals surface area contributed by atoms with Crippen LogP contribution in [0.4, 0.5) is 0 Å². The highest BCUT2D eigenvalue weighted by molar-refractivity contribution is 7.99. The number of amides is 1. The van der Waals surface area contributed by atoms with E-state index in [4.69, 9.17) is 0 Å². The molecular weight excluding hydrogens is 420 g/mol. The van der Waals surface area contributed by atoms with Gasteiger partial charge in [-0.15, -0.1) is 32.9 Å². The summed E-state index contributed by atoms with van der Waals surface area (Å²) in [5.74, 6) is 1.16. The molecule has 8 heteroatoms. The molecule has 0 aliphatic heterocycles. The summed E-state index contributed by atoms with van der Waals surface area (Å²) in [5.41, 5.74) is 1.07. The van der Waals surface area contributed by atoms with Gasteiger partial charge in [0.25, 0.3) is 0 Å². The molecule has 0 fully saturated rings. The van der Waals surface area contributed by atoms with Crippen LogP contribution >= 0.6 is 34.4 Å². The largest absolute Gasteiger partial charge is 0.344 e. The standard InChI is InChI=1S/C21H20N4OS3/c1-25-18(13-16-9-5-11-27-16)23-24-21(25)29-14-19(26)22-20(17-10-6-12-28-17)15-7-3-2-4-8-15/h2-12,20H,13-14H2,1H3,(H,22,26)/t20-/m0/s1. The molecule has 1 atom stereocenters. The van der Waals surface area contributed by atoms with Crippen molar-refractivity contribution in [3.63, 3.8) is 0 Å². The summed E-state index contributed by atoms with van der Waals surface area (Å²) in [5, 5.41) is 16.5. The van der Waals surface area contributed by atoms with Gasteiger partial charge in [-0.25, -0.2) is 0 Å². The van der Waals surface area contributed by atoms with Gasteiger partial charge in [0.2, 0.25) is 5.91 Å². The molecule has 4 aromatic rings. The fraction of sp³-hybridized carbons (Fsp3) is 0.190. The molecule has 0 unspecified atom stereocenters. The summed E-state index contributed by atoms with van der Waals surface area (Å²) in [6.45, 7) is 0. The number of carbonyl (C=O) groups excluding carboxylic acids is 1. The summed E-state index contributed by atoms with van der Waals surface area (Å²) in [4.78, 5) is 15.1. The van der Waals surface area contributed by atoms with Gasteiger partial charge >= 0.3 is 0 Å². The molecule has 0 saturated heterocycles. The highest BCUT2D eigenvalue weighted by Crippen LogP contribution is 2.26. The second kappa shape index (κ2) is 9.39. The molecule has 0 aliphatic carbocycles. The Morgan fingerprint density at radius 2 is 1.86 bits per heavy atom. The van der Waals surface area contributed by atoms with Crippen LogP contribution in [0, 0.1) is 0 Å². The van der Waals surface area contributed by atoms with Gasteiger partial charge in [0.15, 0.2) is 5.16 Å². The topological polar surface area (TPSA) is 59.8 Å². The number of thiophene rings is 2. The zero-order valence-electron chi connectivity index (χ0n) is 15.8. The first-order valence-corrected chi connectivity index (χ1v) is 11.9. The van der Waals surface area contributed by atoms with Crippen molar-refractivity contribution in [2.45, 2.75) is 17.6 Å². The van der Waals surface area contributed by atoms with E-state index < -0.39 is 0 Å². The minimum Gasteiger partial charge on any atom is -0.344 e. The maximum absolute atomic E-state index is 12.7. The Bertz CT molecular complexity index is 1040. The number of benzene rings is 1. The van der Waals surface area contributed by atoms with Gasteiger partial charge in [0.05, 0.1) is 11.8 Å². The monoisotopic (exact) mass is 440 g/mol. The summed E-state index contributed by atoms with van der Waals surface area (Å²) >= 11 is 4.76. The molecule has 29 heavy (non-hydrogen) atoms. The lowest BCUT2D eigenvalue weighted by atomic mass is 10.1. The first-order chi connectivity index (χ1) is 14.2. The van der Waals surface area contributed by atoms with Crippen LogP contribution in [-0.4, -0.2) is 26.4 Å². The lowest BCUT2D eigenvalue weighted by Crippen LogP contribution is -2.30. The Morgan fingerprint density at radius 1 is 1.07 bits per heavy atom. The number of aromatic nitrogens is 3. The van der Waals surface area contributed by atoms with E-state index in [0.29, 0.717) is 5.75 Å². The van der Waals surface area contributed by atoms with Crippen molar-refractivity contribution in [3.05, 3.63) is 86.5 Å². The van der Waals surface area contributed by atoms with Gasteiger partial charge < -0.3 is 9.88 Å². The van der Waals surface area contributed by atoms with Crippen molar-refractivity contribution in [1.82, 2.24) is 20.1 Å². The Kier molecular flexibility index (Phi) is 6.43. The average molecular weight is 441 g/mol. The van der Waals surface area contributed by atoms with Crippen molar-refractivity contribution in [3.8, 4) is 0 Å². The van der Waals surface area contributed by atoms with Crippen molar-refractivity contribution >= 4 is 40.3 Å². The predicted molar refractivity (Wildman–Crippen MR) is 120 cm³/mol. The smallest absolute Gasteiger partial charge is 0.231 e. The molecule has 1 amide bonds. The maximum atomic E-state index is 12.7. The third-order valence-corrected chi connectivity index (χ3v) is 7.27. The Balaban J connectivity index is 1.40. The Hall–Kier alpha value is -2.42. The van der Waals surface area contributed by atoms with Gasteiger partial charge in [-0.2, -0.15) is 0 Å². The normalized spacial score (nSPS) is 12.0. The van der Waals surface area contributed by atoms with Crippen LogP contribution in [0.3, 0.4) is 0 Å². The van der Waals surface area contributed by atoms with Gasteiger partial charge in [0, 0.05) is 23.2 Å². The van der Waals surface area contributed by atoms with E-state index in [0.717, 1.165) is 27.8 Å². The second-order valence-corrected chi connectivity index (χ2v) is 9.38. The van der Waals surface area contributed by atoms with E-state index in [1.807, 2.05) is 59.5 Å². The highest BCUT2D eigenvalue weighted by atomic mass is 32.2. The Morgan fingerprint density at radius 3 is 2.59 bits per heavy atom. The molecular formula is C21H20N4OS3. The first-order valence-electron chi connectivity index (χ1n) is 9.12. The lowest BCUT2D eigenvalue weighted by molar-refractivity contribution is -0.119. The first kappa shape index (κ1) is 19.9. The zero-order valence-corrected chi connectivity index (χ0v) is 18.3. The van der Waals surface area contributed by atoms with Gasteiger partial charge in [0.1, 0.15) is 5.82 Å². The van der Waals surface area contributed by atoms with Crippen LogP contribution in [0.2, 0.25) is 0 Å². The molecule has 0 aliphatic rings. The Labute approximate surface area is 181 Å². The zero-order chi connectivity index (χ0) is 20.1. The van der Waals surface area contributed by atoms with Crippen molar-refractivity contribution in [1.29, 1.82) is 0 Å². The van der Waals surface area contributed by atoms with Gasteiger partial charge in [-0.3, -0.25) is 4.79 Å². The van der Waals surface area contributed by atoms with E-state index >= 15 is 0 Å². The predicted octanol–water partition coefficient (Wildman–Crippen LogP) is 4.53. The van der Waals surface area contributed by atoms with Crippen molar-refractivity contribution in [2.24, 2.45) is 7.05 Å². The molecule has 1 aromatic carbocycles. The van der Waals surface area contributed by atoms with Crippen LogP contribution in [0.25, 0.3) is 0 Å². The molecule has 5 nitrogen and oxygen atoms in total. The van der Waals surface area contributed by atoms with Crippen LogP contribution in [0.5, 0.6) is 0 Å². The van der Waals surface area contributed by atoms with Crippen molar-refractivity contribution < 1.29 is 4.79 Å². The number of rotatable bonds is 8. The molecule has 3 heterocycles. The van der Waals surface area contributed by atoms with E-state index in [1.54, 1.807) is 22.7 Å². The SMILES string of the molecule is Cn1c(Cc2cccs2)nnc1SCC(=O)N[C@@H](c1ccccc1)c1cccs1. The van der Waals surface area contributed by atoms with Gasteiger partial charge in [-0.1, -0.05) is 54.2 Å². The minimum atomic E-state index is -0.141. The molecule has 0 bridgehead atoms. The average Bonchev–Trinajstić information content (AvgIpc) is 3.50. The minimum absolute atomic E-state index is 0.0277. The summed E-state index contributed by atoms with van der Waals surface area (Å²) in [6, 6.07) is 18.1. The number of hydrogen-bond donors (Lipinski definition) is 1. The fourth-order valence-corrected chi connectivity index (χ4v) is 5.19. The van der Waals surface area contributed by atoms with Crippen LogP contribution in [-0.2, 0) is 18.3 Å². The number of hydrogen-bond acceptors (Lipinski definition) is 6. The molecule has 148 valence electrons. The summed E-state index contributed by atoms with van der Waals surface area (Å²) in [7, 11) is 1.95. The van der Waals surface area contributed by atoms with E-state index in [1.165, 1.54) is 16.6 Å². The molecule has 0 spiro atoms. The number of carbonyl (C=O) groups is 1. The second-order valence-electron chi connectivity index (χ2n) is 6.43. The van der Waals surface area contributed by atoms with Crippen molar-refractivity contribution in [2.75, 3.05) is 5.75 Å². The van der Waals surface area contributed by atoms with E-state index in [-0.39, 0.29) is 11.9 Å². The quantitative estimate of drug-likeness (QED) is 0.409. The maximum Gasteiger partial charge on any atom is 0.231 e. The number of thioether (sulfide) groups is 1. The molecule has 1 N–H and O–H groups in total. The number of nitrogens with zero attached hydrogens (tertiary/aromatic N) is 3. The summed E-state index contributed by atoms with van der Waals surface area (Å²) in [6.07, 6.45) is 0.752. The third kappa shape index (κ3) is 4.95. The van der Waals surface area contributed by atoms with Crippen LogP contribution in [0.1, 0.15) is 27.2 Å².